The van der Waals surface area contributed by atoms with Gasteiger partial charge in [0.25, 0.3) is 0 Å². The van der Waals surface area contributed by atoms with Crippen LogP contribution in [-0.2, 0) is 0 Å². The van der Waals surface area contributed by atoms with E-state index < -0.39 is 0 Å². The highest BCUT2D eigenvalue weighted by atomic mass is 79.9. The Kier molecular flexibility index (Phi) is 3.40. The Morgan fingerprint density at radius 3 is 2.81 bits per heavy atom. The molecule has 0 bridgehead atoms. The number of hydrogen-bond donors (Lipinski definition) is 2. The number of aliphatic hydroxyl groups is 1. The van der Waals surface area contributed by atoms with Crippen molar-refractivity contribution in [3.63, 3.8) is 0 Å². The lowest BCUT2D eigenvalue weighted by Crippen LogP contribution is -2.37. The smallest absolute Gasteiger partial charge is 0.0608 e. The number of nitrogens with zero attached hydrogens (tertiary/aromatic N) is 1. The molecule has 0 unspecified atom stereocenters. The van der Waals surface area contributed by atoms with E-state index in [-0.39, 0.29) is 6.10 Å². The highest BCUT2D eigenvalue weighted by molar-refractivity contribution is 9.10. The first kappa shape index (κ1) is 11.7. The minimum absolute atomic E-state index is 0.0849. The molecule has 3 nitrogen and oxygen atoms in total. The fourth-order valence-corrected chi connectivity index (χ4v) is 2.53. The van der Waals surface area contributed by atoms with Crippen LogP contribution in [0.4, 0.5) is 11.4 Å². The van der Waals surface area contributed by atoms with Gasteiger partial charge in [-0.2, -0.15) is 0 Å². The molecule has 0 heterocycles. The normalized spacial score (nSPS) is 23.9. The van der Waals surface area contributed by atoms with Gasteiger partial charge < -0.3 is 15.7 Å². The maximum atomic E-state index is 9.25. The van der Waals surface area contributed by atoms with Crippen LogP contribution in [0.1, 0.15) is 12.8 Å². The summed E-state index contributed by atoms with van der Waals surface area (Å²) in [6, 6.07) is 5.88. The molecule has 0 amide bonds. The molecule has 1 aliphatic carbocycles. The Morgan fingerprint density at radius 2 is 2.19 bits per heavy atom. The van der Waals surface area contributed by atoms with Gasteiger partial charge in [0, 0.05) is 18.1 Å². The van der Waals surface area contributed by atoms with Crippen LogP contribution in [0, 0.1) is 5.92 Å². The molecular formula is C12H17BrN2O. The summed E-state index contributed by atoms with van der Waals surface area (Å²) in [5, 5.41) is 9.25. The van der Waals surface area contributed by atoms with E-state index in [2.05, 4.69) is 20.8 Å². The topological polar surface area (TPSA) is 49.5 Å². The van der Waals surface area contributed by atoms with Crippen molar-refractivity contribution < 1.29 is 5.11 Å². The second-order valence-corrected chi connectivity index (χ2v) is 5.49. The largest absolute Gasteiger partial charge is 0.397 e. The lowest BCUT2D eigenvalue weighted by atomic mass is 9.82. The number of hydrogen-bond acceptors (Lipinski definition) is 3. The van der Waals surface area contributed by atoms with Crippen molar-refractivity contribution in [2.24, 2.45) is 5.92 Å². The number of anilines is 2. The molecule has 0 saturated heterocycles. The monoisotopic (exact) mass is 284 g/mol. The molecule has 2 rings (SSSR count). The zero-order chi connectivity index (χ0) is 11.7. The third kappa shape index (κ3) is 2.50. The summed E-state index contributed by atoms with van der Waals surface area (Å²) >= 11 is 3.45. The van der Waals surface area contributed by atoms with E-state index in [1.807, 2.05) is 25.2 Å². The van der Waals surface area contributed by atoms with Gasteiger partial charge in [-0.05, 0) is 37.0 Å². The van der Waals surface area contributed by atoms with Gasteiger partial charge in [0.15, 0.2) is 0 Å². The minimum Gasteiger partial charge on any atom is -0.397 e. The molecule has 1 aliphatic rings. The van der Waals surface area contributed by atoms with E-state index in [0.717, 1.165) is 35.2 Å². The molecule has 3 N–H and O–H groups in total. The molecule has 0 atom stereocenters. The second-order valence-electron chi connectivity index (χ2n) is 4.57. The standard InChI is InChI=1S/C12H17BrN2O/c1-15(7-8-4-10(16)5-8)12-6-9(13)2-3-11(12)14/h2-3,6,8,10,16H,4-5,7,14H2,1H3. The SMILES string of the molecule is CN(CC1CC(O)C1)c1cc(Br)ccc1N. The maximum absolute atomic E-state index is 9.25. The average Bonchev–Trinajstić information content (AvgIpc) is 2.19. The van der Waals surface area contributed by atoms with Gasteiger partial charge in [-0.15, -0.1) is 0 Å². The van der Waals surface area contributed by atoms with E-state index in [4.69, 9.17) is 5.73 Å². The fourth-order valence-electron chi connectivity index (χ4n) is 2.18. The molecule has 0 aromatic heterocycles. The zero-order valence-corrected chi connectivity index (χ0v) is 10.9. The first-order chi connectivity index (χ1) is 7.56. The van der Waals surface area contributed by atoms with Crippen LogP contribution in [0.2, 0.25) is 0 Å². The highest BCUT2D eigenvalue weighted by Gasteiger charge is 2.28. The summed E-state index contributed by atoms with van der Waals surface area (Å²) in [6.45, 7) is 0.956. The highest BCUT2D eigenvalue weighted by Crippen LogP contribution is 2.31. The van der Waals surface area contributed by atoms with E-state index in [9.17, 15) is 5.11 Å². The van der Waals surface area contributed by atoms with Gasteiger partial charge in [0.05, 0.1) is 17.5 Å². The van der Waals surface area contributed by atoms with Crippen molar-refractivity contribution in [1.82, 2.24) is 0 Å². The van der Waals surface area contributed by atoms with Crippen LogP contribution < -0.4 is 10.6 Å². The molecule has 1 aromatic carbocycles. The van der Waals surface area contributed by atoms with Crippen molar-refractivity contribution >= 4 is 27.3 Å². The summed E-state index contributed by atoms with van der Waals surface area (Å²) in [4.78, 5) is 2.16. The van der Waals surface area contributed by atoms with Gasteiger partial charge in [0.2, 0.25) is 0 Å². The van der Waals surface area contributed by atoms with Gasteiger partial charge in [0.1, 0.15) is 0 Å². The number of aliphatic hydroxyl groups excluding tert-OH is 1. The predicted molar refractivity (Wildman–Crippen MR) is 70.6 cm³/mol. The van der Waals surface area contributed by atoms with E-state index >= 15 is 0 Å². The summed E-state index contributed by atoms with van der Waals surface area (Å²) in [5.74, 6) is 0.596. The molecule has 0 aliphatic heterocycles. The molecule has 1 fully saturated rings. The van der Waals surface area contributed by atoms with E-state index in [1.165, 1.54) is 0 Å². The first-order valence-corrected chi connectivity index (χ1v) is 6.30. The van der Waals surface area contributed by atoms with Crippen molar-refractivity contribution in [3.05, 3.63) is 22.7 Å². The van der Waals surface area contributed by atoms with Crippen LogP contribution in [-0.4, -0.2) is 24.8 Å². The molecule has 0 spiro atoms. The van der Waals surface area contributed by atoms with Gasteiger partial charge >= 0.3 is 0 Å². The van der Waals surface area contributed by atoms with Crippen molar-refractivity contribution in [3.8, 4) is 0 Å². The fraction of sp³-hybridized carbons (Fsp3) is 0.500. The van der Waals surface area contributed by atoms with Crippen LogP contribution >= 0.6 is 15.9 Å². The van der Waals surface area contributed by atoms with Crippen LogP contribution in [0.3, 0.4) is 0 Å². The Balaban J connectivity index is 2.02. The second kappa shape index (κ2) is 4.63. The van der Waals surface area contributed by atoms with Gasteiger partial charge in [-0.1, -0.05) is 15.9 Å². The molecule has 1 aromatic rings. The van der Waals surface area contributed by atoms with Gasteiger partial charge in [-0.25, -0.2) is 0 Å². The number of benzene rings is 1. The van der Waals surface area contributed by atoms with E-state index in [1.54, 1.807) is 0 Å². The van der Waals surface area contributed by atoms with Crippen LogP contribution in [0.15, 0.2) is 22.7 Å². The number of halogens is 1. The number of nitrogens with two attached hydrogens (primary N) is 1. The number of rotatable bonds is 3. The lowest BCUT2D eigenvalue weighted by molar-refractivity contribution is 0.0465. The molecule has 1 saturated carbocycles. The summed E-state index contributed by atoms with van der Waals surface area (Å²) in [6.07, 6.45) is 1.74. The zero-order valence-electron chi connectivity index (χ0n) is 9.36. The third-order valence-electron chi connectivity index (χ3n) is 3.15. The molecule has 4 heteroatoms. The Labute approximate surface area is 104 Å². The lowest BCUT2D eigenvalue weighted by Gasteiger charge is -2.35. The van der Waals surface area contributed by atoms with Crippen LogP contribution in [0.25, 0.3) is 0 Å². The van der Waals surface area contributed by atoms with Gasteiger partial charge in [-0.3, -0.25) is 0 Å². The van der Waals surface area contributed by atoms with Crippen molar-refractivity contribution in [2.45, 2.75) is 18.9 Å². The molecule has 88 valence electrons. The summed E-state index contributed by atoms with van der Waals surface area (Å²) in [7, 11) is 2.04. The Bertz CT molecular complexity index is 377. The minimum atomic E-state index is -0.0849. The average molecular weight is 285 g/mol. The van der Waals surface area contributed by atoms with Crippen molar-refractivity contribution in [2.75, 3.05) is 24.2 Å². The summed E-state index contributed by atoms with van der Waals surface area (Å²) in [5.41, 5.74) is 7.79. The quantitative estimate of drug-likeness (QED) is 0.837. The van der Waals surface area contributed by atoms with Crippen molar-refractivity contribution in [1.29, 1.82) is 0 Å². The maximum Gasteiger partial charge on any atom is 0.0608 e. The Morgan fingerprint density at radius 1 is 1.50 bits per heavy atom. The van der Waals surface area contributed by atoms with Crippen LogP contribution in [0.5, 0.6) is 0 Å². The number of nitrogen functional groups attached to an aromatic ring is 1. The summed E-state index contributed by atoms with van der Waals surface area (Å²) < 4.78 is 1.04. The predicted octanol–water partition coefficient (Wildman–Crippen LogP) is 2.24. The Hall–Kier alpha value is -0.740. The molecule has 0 radical (unpaired) electrons. The van der Waals surface area contributed by atoms with E-state index in [0.29, 0.717) is 5.92 Å². The first-order valence-electron chi connectivity index (χ1n) is 5.50. The third-order valence-corrected chi connectivity index (χ3v) is 3.64. The molecule has 16 heavy (non-hydrogen) atoms. The molecular weight excluding hydrogens is 268 g/mol.